The molecule has 0 atom stereocenters. The molecule has 6 nitrogen and oxygen atoms in total. The highest BCUT2D eigenvalue weighted by Gasteiger charge is 2.12. The highest BCUT2D eigenvalue weighted by molar-refractivity contribution is 6.00. The minimum absolute atomic E-state index is 0.542. The van der Waals surface area contributed by atoms with E-state index in [2.05, 4.69) is 15.6 Å². The minimum Gasteiger partial charge on any atom is -0.493 e. The molecule has 1 heterocycles. The number of nitrogens with two attached hydrogens (primary N) is 1. The Morgan fingerprint density at radius 2 is 1.64 bits per heavy atom. The predicted octanol–water partition coefficient (Wildman–Crippen LogP) is 2.60. The summed E-state index contributed by atoms with van der Waals surface area (Å²) in [6, 6.07) is 13.5. The van der Waals surface area contributed by atoms with Crippen LogP contribution in [-0.2, 0) is 0 Å². The van der Waals surface area contributed by atoms with Crippen molar-refractivity contribution < 1.29 is 9.47 Å². The molecule has 0 radical (unpaired) electrons. The van der Waals surface area contributed by atoms with Gasteiger partial charge in [-0.25, -0.2) is 5.84 Å². The van der Waals surface area contributed by atoms with Crippen LogP contribution in [0.2, 0.25) is 0 Å². The number of rotatable bonds is 4. The third-order valence-corrected chi connectivity index (χ3v) is 3.48. The van der Waals surface area contributed by atoms with Crippen molar-refractivity contribution in [3.05, 3.63) is 42.5 Å². The molecule has 0 aliphatic rings. The second-order valence-corrected chi connectivity index (χ2v) is 4.66. The van der Waals surface area contributed by atoms with Gasteiger partial charge in [0.2, 0.25) is 0 Å². The zero-order chi connectivity index (χ0) is 15.5. The van der Waals surface area contributed by atoms with E-state index in [1.165, 1.54) is 0 Å². The number of nitrogens with zero attached hydrogens (tertiary/aromatic N) is 2. The van der Waals surface area contributed by atoms with Crippen LogP contribution in [0.4, 0.5) is 5.82 Å². The number of fused-ring (bicyclic) bond motifs is 1. The number of hydrogen-bond donors (Lipinski definition) is 2. The van der Waals surface area contributed by atoms with Crippen LogP contribution < -0.4 is 20.7 Å². The van der Waals surface area contributed by atoms with Crippen LogP contribution in [0.5, 0.6) is 11.5 Å². The lowest BCUT2D eigenvalue weighted by Crippen LogP contribution is -2.10. The smallest absolute Gasteiger partial charge is 0.170 e. The van der Waals surface area contributed by atoms with Crippen LogP contribution >= 0.6 is 0 Å². The Morgan fingerprint density at radius 1 is 0.909 bits per heavy atom. The summed E-state index contributed by atoms with van der Waals surface area (Å²) in [5, 5.41) is 10.3. The summed E-state index contributed by atoms with van der Waals surface area (Å²) in [5.41, 5.74) is 4.22. The molecular weight excluding hydrogens is 280 g/mol. The van der Waals surface area contributed by atoms with Gasteiger partial charge in [0.25, 0.3) is 0 Å². The second-order valence-electron chi connectivity index (χ2n) is 4.66. The minimum atomic E-state index is 0.542. The lowest BCUT2D eigenvalue weighted by molar-refractivity contribution is 0.355. The zero-order valence-corrected chi connectivity index (χ0v) is 12.3. The first kappa shape index (κ1) is 14.1. The van der Waals surface area contributed by atoms with Crippen LogP contribution in [-0.4, -0.2) is 24.4 Å². The van der Waals surface area contributed by atoms with Crippen LogP contribution in [0, 0.1) is 0 Å². The lowest BCUT2D eigenvalue weighted by atomic mass is 10.0. The molecule has 0 unspecified atom stereocenters. The summed E-state index contributed by atoms with van der Waals surface area (Å²) in [6.07, 6.45) is 0. The average Bonchev–Trinajstić information content (AvgIpc) is 2.60. The normalized spacial score (nSPS) is 10.5. The van der Waals surface area contributed by atoms with E-state index in [4.69, 9.17) is 15.3 Å². The number of benzene rings is 2. The first-order valence-corrected chi connectivity index (χ1v) is 6.73. The van der Waals surface area contributed by atoms with Gasteiger partial charge in [0, 0.05) is 16.3 Å². The van der Waals surface area contributed by atoms with Crippen LogP contribution in [0.1, 0.15) is 0 Å². The van der Waals surface area contributed by atoms with Gasteiger partial charge >= 0.3 is 0 Å². The molecule has 2 aromatic carbocycles. The monoisotopic (exact) mass is 296 g/mol. The molecule has 22 heavy (non-hydrogen) atoms. The topological polar surface area (TPSA) is 82.3 Å². The van der Waals surface area contributed by atoms with E-state index in [1.54, 1.807) is 14.2 Å². The van der Waals surface area contributed by atoms with Gasteiger partial charge in [-0.15, -0.1) is 10.2 Å². The molecule has 0 fully saturated rings. The Balaban J connectivity index is 2.23. The van der Waals surface area contributed by atoms with Gasteiger partial charge in [0.15, 0.2) is 17.3 Å². The van der Waals surface area contributed by atoms with Crippen molar-refractivity contribution in [3.8, 4) is 22.8 Å². The molecule has 3 aromatic rings. The number of aromatic nitrogens is 2. The van der Waals surface area contributed by atoms with Crippen LogP contribution in [0.3, 0.4) is 0 Å². The molecule has 6 heteroatoms. The van der Waals surface area contributed by atoms with Gasteiger partial charge in [-0.1, -0.05) is 24.3 Å². The van der Waals surface area contributed by atoms with E-state index in [9.17, 15) is 0 Å². The van der Waals surface area contributed by atoms with E-state index in [0.29, 0.717) is 17.3 Å². The molecule has 112 valence electrons. The number of ether oxygens (including phenoxy) is 2. The Morgan fingerprint density at radius 3 is 2.32 bits per heavy atom. The number of anilines is 1. The summed E-state index contributed by atoms with van der Waals surface area (Å²) in [5.74, 6) is 7.36. The van der Waals surface area contributed by atoms with E-state index in [-0.39, 0.29) is 0 Å². The lowest BCUT2D eigenvalue weighted by Gasteiger charge is -2.11. The van der Waals surface area contributed by atoms with E-state index < -0.39 is 0 Å². The van der Waals surface area contributed by atoms with Gasteiger partial charge < -0.3 is 14.9 Å². The predicted molar refractivity (Wildman–Crippen MR) is 85.9 cm³/mol. The van der Waals surface area contributed by atoms with Crippen molar-refractivity contribution >= 4 is 16.6 Å². The summed E-state index contributed by atoms with van der Waals surface area (Å²) in [4.78, 5) is 0. The fourth-order valence-electron chi connectivity index (χ4n) is 2.41. The highest BCUT2D eigenvalue weighted by Crippen LogP contribution is 2.35. The molecule has 3 rings (SSSR count). The summed E-state index contributed by atoms with van der Waals surface area (Å²) >= 11 is 0. The van der Waals surface area contributed by atoms with Crippen LogP contribution in [0.25, 0.3) is 22.0 Å². The van der Waals surface area contributed by atoms with Crippen molar-refractivity contribution in [1.29, 1.82) is 0 Å². The molecule has 0 aliphatic carbocycles. The summed E-state index contributed by atoms with van der Waals surface area (Å²) in [7, 11) is 3.21. The van der Waals surface area contributed by atoms with Gasteiger partial charge in [-0.05, 0) is 18.2 Å². The number of hydrogen-bond acceptors (Lipinski definition) is 6. The first-order chi connectivity index (χ1) is 10.8. The van der Waals surface area contributed by atoms with Crippen molar-refractivity contribution in [1.82, 2.24) is 10.2 Å². The fourth-order valence-corrected chi connectivity index (χ4v) is 2.41. The van der Waals surface area contributed by atoms with Crippen molar-refractivity contribution in [2.75, 3.05) is 19.6 Å². The first-order valence-electron chi connectivity index (χ1n) is 6.73. The Labute approximate surface area is 127 Å². The molecule has 0 aliphatic heterocycles. The van der Waals surface area contributed by atoms with Gasteiger partial charge in [-0.2, -0.15) is 0 Å². The second kappa shape index (κ2) is 5.87. The number of nitrogen functional groups attached to an aromatic ring is 1. The Kier molecular flexibility index (Phi) is 3.76. The maximum atomic E-state index is 5.50. The SMILES string of the molecule is COc1ccc(-c2nnc(NN)c3ccccc23)cc1OC. The maximum absolute atomic E-state index is 5.50. The largest absolute Gasteiger partial charge is 0.493 e. The third-order valence-electron chi connectivity index (χ3n) is 3.48. The number of nitrogens with one attached hydrogen (secondary N) is 1. The standard InChI is InChI=1S/C16H16N4O2/c1-21-13-8-7-10(9-14(13)22-2)15-11-5-3-4-6-12(11)16(18-17)20-19-15/h3-9H,17H2,1-2H3,(H,18,20). The molecule has 0 bridgehead atoms. The molecule has 3 N–H and O–H groups in total. The number of hydrazine groups is 1. The number of methoxy groups -OCH3 is 2. The average molecular weight is 296 g/mol. The van der Waals surface area contributed by atoms with Crippen LogP contribution in [0.15, 0.2) is 42.5 Å². The molecule has 0 amide bonds. The Bertz CT molecular complexity index is 820. The molecule has 0 spiro atoms. The molecule has 1 aromatic heterocycles. The van der Waals surface area contributed by atoms with Gasteiger partial charge in [0.05, 0.1) is 14.2 Å². The van der Waals surface area contributed by atoms with Crippen molar-refractivity contribution in [2.24, 2.45) is 5.84 Å². The van der Waals surface area contributed by atoms with Gasteiger partial charge in [0.1, 0.15) is 5.69 Å². The molecule has 0 saturated carbocycles. The van der Waals surface area contributed by atoms with E-state index in [0.717, 1.165) is 22.0 Å². The summed E-state index contributed by atoms with van der Waals surface area (Å²) < 4.78 is 10.6. The quantitative estimate of drug-likeness (QED) is 0.569. The fraction of sp³-hybridized carbons (Fsp3) is 0.125. The zero-order valence-electron chi connectivity index (χ0n) is 12.3. The summed E-state index contributed by atoms with van der Waals surface area (Å²) in [6.45, 7) is 0. The van der Waals surface area contributed by atoms with Crippen molar-refractivity contribution in [3.63, 3.8) is 0 Å². The third kappa shape index (κ3) is 2.29. The Hall–Kier alpha value is -2.86. The molecule has 0 saturated heterocycles. The van der Waals surface area contributed by atoms with Crippen molar-refractivity contribution in [2.45, 2.75) is 0 Å². The maximum Gasteiger partial charge on any atom is 0.170 e. The van der Waals surface area contributed by atoms with Gasteiger partial charge in [-0.3, -0.25) is 0 Å². The van der Waals surface area contributed by atoms with E-state index >= 15 is 0 Å². The van der Waals surface area contributed by atoms with E-state index in [1.807, 2.05) is 42.5 Å². The highest BCUT2D eigenvalue weighted by atomic mass is 16.5. The molecular formula is C16H16N4O2.